The van der Waals surface area contributed by atoms with Gasteiger partial charge in [-0.3, -0.25) is 4.79 Å². The second-order valence-electron chi connectivity index (χ2n) is 4.64. The fourth-order valence-corrected chi connectivity index (χ4v) is 1.90. The third kappa shape index (κ3) is 3.82. The summed E-state index contributed by atoms with van der Waals surface area (Å²) < 4.78 is 7.10. The van der Waals surface area contributed by atoms with Crippen molar-refractivity contribution < 1.29 is 14.1 Å². The number of hydrogen-bond donors (Lipinski definition) is 1. The van der Waals surface area contributed by atoms with Gasteiger partial charge in [-0.05, 0) is 18.6 Å². The summed E-state index contributed by atoms with van der Waals surface area (Å²) in [5, 5.41) is 2.90. The zero-order chi connectivity index (χ0) is 14.4. The highest BCUT2D eigenvalue weighted by atomic mass is 16.5. The van der Waals surface area contributed by atoms with E-state index in [1.807, 2.05) is 60.3 Å². The van der Waals surface area contributed by atoms with Gasteiger partial charge in [0, 0.05) is 24.2 Å². The molecule has 1 amide bonds. The second kappa shape index (κ2) is 6.70. The van der Waals surface area contributed by atoms with Crippen LogP contribution in [0.25, 0.3) is 0 Å². The predicted molar refractivity (Wildman–Crippen MR) is 76.2 cm³/mol. The average Bonchev–Trinajstić information content (AvgIpc) is 2.48. The third-order valence-corrected chi connectivity index (χ3v) is 3.05. The highest BCUT2D eigenvalue weighted by molar-refractivity contribution is 5.74. The molecule has 0 saturated carbocycles. The number of para-hydroxylation sites is 1. The molecule has 1 aromatic heterocycles. The maximum Gasteiger partial charge on any atom is 0.286 e. The SMILES string of the molecule is COc1ccccc1CNC(=O)C[n+]1ccc(C)cc1. The van der Waals surface area contributed by atoms with Crippen LogP contribution in [0, 0.1) is 6.92 Å². The lowest BCUT2D eigenvalue weighted by molar-refractivity contribution is -0.684. The van der Waals surface area contributed by atoms with Crippen LogP contribution >= 0.6 is 0 Å². The van der Waals surface area contributed by atoms with E-state index in [0.29, 0.717) is 13.1 Å². The van der Waals surface area contributed by atoms with Gasteiger partial charge in [-0.1, -0.05) is 18.2 Å². The molecule has 0 radical (unpaired) electrons. The van der Waals surface area contributed by atoms with Gasteiger partial charge in [0.25, 0.3) is 5.91 Å². The number of nitrogens with one attached hydrogen (secondary N) is 1. The van der Waals surface area contributed by atoms with E-state index in [0.717, 1.165) is 11.3 Å². The van der Waals surface area contributed by atoms with E-state index >= 15 is 0 Å². The van der Waals surface area contributed by atoms with Crippen molar-refractivity contribution in [3.63, 3.8) is 0 Å². The Morgan fingerprint density at radius 3 is 2.60 bits per heavy atom. The van der Waals surface area contributed by atoms with Crippen molar-refractivity contribution in [2.75, 3.05) is 7.11 Å². The fourth-order valence-electron chi connectivity index (χ4n) is 1.90. The molecule has 0 aliphatic carbocycles. The van der Waals surface area contributed by atoms with Crippen molar-refractivity contribution in [1.82, 2.24) is 5.32 Å². The standard InChI is InChI=1S/C16H18N2O2/c1-13-7-9-18(10-8-13)12-16(19)17-11-14-5-3-4-6-15(14)20-2/h3-10H,11-12H2,1-2H3/p+1. The van der Waals surface area contributed by atoms with Crippen LogP contribution in [0.15, 0.2) is 48.8 Å². The Morgan fingerprint density at radius 2 is 1.90 bits per heavy atom. The molecule has 20 heavy (non-hydrogen) atoms. The van der Waals surface area contributed by atoms with Gasteiger partial charge >= 0.3 is 0 Å². The number of hydrogen-bond acceptors (Lipinski definition) is 2. The van der Waals surface area contributed by atoms with E-state index < -0.39 is 0 Å². The number of aromatic nitrogens is 1. The number of nitrogens with zero attached hydrogens (tertiary/aromatic N) is 1. The number of methoxy groups -OCH3 is 1. The summed E-state index contributed by atoms with van der Waals surface area (Å²) in [6, 6.07) is 11.6. The molecular formula is C16H19N2O2+. The van der Waals surface area contributed by atoms with Crippen molar-refractivity contribution >= 4 is 5.91 Å². The van der Waals surface area contributed by atoms with E-state index in [1.165, 1.54) is 5.56 Å². The van der Waals surface area contributed by atoms with Gasteiger partial charge in [-0.15, -0.1) is 0 Å². The average molecular weight is 271 g/mol. The van der Waals surface area contributed by atoms with Crippen LogP contribution in [0.4, 0.5) is 0 Å². The summed E-state index contributed by atoms with van der Waals surface area (Å²) >= 11 is 0. The number of carbonyl (C=O) groups is 1. The van der Waals surface area contributed by atoms with Crippen LogP contribution < -0.4 is 14.6 Å². The lowest BCUT2D eigenvalue weighted by Gasteiger charge is -2.08. The van der Waals surface area contributed by atoms with Crippen LogP contribution in [-0.4, -0.2) is 13.0 Å². The van der Waals surface area contributed by atoms with Crippen molar-refractivity contribution in [3.05, 3.63) is 59.9 Å². The van der Waals surface area contributed by atoms with Gasteiger partial charge in [0.1, 0.15) is 5.75 Å². The number of carbonyl (C=O) groups excluding carboxylic acids is 1. The van der Waals surface area contributed by atoms with Crippen LogP contribution in [0.5, 0.6) is 5.75 Å². The van der Waals surface area contributed by atoms with Crippen molar-refractivity contribution in [2.24, 2.45) is 0 Å². The first-order valence-corrected chi connectivity index (χ1v) is 6.53. The molecule has 4 nitrogen and oxygen atoms in total. The van der Waals surface area contributed by atoms with Crippen molar-refractivity contribution in [3.8, 4) is 5.75 Å². The second-order valence-corrected chi connectivity index (χ2v) is 4.64. The molecule has 104 valence electrons. The van der Waals surface area contributed by atoms with Crippen LogP contribution in [0.3, 0.4) is 0 Å². The van der Waals surface area contributed by atoms with E-state index in [-0.39, 0.29) is 5.91 Å². The highest BCUT2D eigenvalue weighted by Crippen LogP contribution is 2.16. The van der Waals surface area contributed by atoms with Gasteiger partial charge in [0.2, 0.25) is 6.54 Å². The zero-order valence-electron chi connectivity index (χ0n) is 11.8. The van der Waals surface area contributed by atoms with Crippen molar-refractivity contribution in [2.45, 2.75) is 20.0 Å². The van der Waals surface area contributed by atoms with Gasteiger partial charge in [0.05, 0.1) is 7.11 Å². The molecule has 0 atom stereocenters. The maximum absolute atomic E-state index is 11.9. The molecule has 0 bridgehead atoms. The molecule has 0 unspecified atom stereocenters. The van der Waals surface area contributed by atoms with Gasteiger partial charge in [-0.2, -0.15) is 4.57 Å². The fraction of sp³-hybridized carbons (Fsp3) is 0.250. The first kappa shape index (κ1) is 14.1. The summed E-state index contributed by atoms with van der Waals surface area (Å²) in [7, 11) is 1.63. The molecule has 0 aliphatic rings. The Labute approximate surface area is 119 Å². The normalized spacial score (nSPS) is 10.1. The minimum Gasteiger partial charge on any atom is -0.496 e. The van der Waals surface area contributed by atoms with E-state index in [1.54, 1.807) is 7.11 Å². The van der Waals surface area contributed by atoms with E-state index in [9.17, 15) is 4.79 Å². The number of rotatable bonds is 5. The zero-order valence-corrected chi connectivity index (χ0v) is 11.8. The molecule has 1 N–H and O–H groups in total. The quantitative estimate of drug-likeness (QED) is 0.839. The largest absolute Gasteiger partial charge is 0.496 e. The monoisotopic (exact) mass is 271 g/mol. The number of pyridine rings is 1. The molecule has 2 rings (SSSR count). The van der Waals surface area contributed by atoms with Gasteiger partial charge in [-0.25, -0.2) is 0 Å². The minimum atomic E-state index is -0.0234. The Morgan fingerprint density at radius 1 is 1.20 bits per heavy atom. The molecule has 1 heterocycles. The predicted octanol–water partition coefficient (Wildman–Crippen LogP) is 1.61. The van der Waals surface area contributed by atoms with Crippen LogP contribution in [0.2, 0.25) is 0 Å². The summed E-state index contributed by atoms with van der Waals surface area (Å²) in [6.45, 7) is 2.80. The van der Waals surface area contributed by atoms with Crippen molar-refractivity contribution in [1.29, 1.82) is 0 Å². The first-order chi connectivity index (χ1) is 9.69. The summed E-state index contributed by atoms with van der Waals surface area (Å²) in [4.78, 5) is 11.9. The Kier molecular flexibility index (Phi) is 4.71. The van der Waals surface area contributed by atoms with Gasteiger partial charge in [0.15, 0.2) is 12.4 Å². The minimum absolute atomic E-state index is 0.0234. The summed E-state index contributed by atoms with van der Waals surface area (Å²) in [5.41, 5.74) is 2.15. The molecule has 0 aliphatic heterocycles. The topological polar surface area (TPSA) is 42.2 Å². The van der Waals surface area contributed by atoms with Crippen LogP contribution in [-0.2, 0) is 17.9 Å². The van der Waals surface area contributed by atoms with E-state index in [4.69, 9.17) is 4.74 Å². The number of benzene rings is 1. The maximum atomic E-state index is 11.9. The molecule has 0 fully saturated rings. The van der Waals surface area contributed by atoms with E-state index in [2.05, 4.69) is 5.32 Å². The lowest BCUT2D eigenvalue weighted by Crippen LogP contribution is -2.42. The Hall–Kier alpha value is -2.36. The molecule has 2 aromatic rings. The molecule has 4 heteroatoms. The number of amides is 1. The Bertz CT molecular complexity index is 579. The van der Waals surface area contributed by atoms with Gasteiger partial charge < -0.3 is 10.1 Å². The van der Waals surface area contributed by atoms with Crippen LogP contribution in [0.1, 0.15) is 11.1 Å². The Balaban J connectivity index is 1.90. The number of ether oxygens (including phenoxy) is 1. The highest BCUT2D eigenvalue weighted by Gasteiger charge is 2.09. The first-order valence-electron chi connectivity index (χ1n) is 6.53. The summed E-state index contributed by atoms with van der Waals surface area (Å²) in [5.74, 6) is 0.764. The molecule has 0 saturated heterocycles. The third-order valence-electron chi connectivity index (χ3n) is 3.05. The number of aryl methyl sites for hydroxylation is 1. The molecular weight excluding hydrogens is 252 g/mol. The molecule has 1 aromatic carbocycles. The molecule has 0 spiro atoms. The summed E-state index contributed by atoms with van der Waals surface area (Å²) in [6.07, 6.45) is 3.80. The smallest absolute Gasteiger partial charge is 0.286 e. The lowest BCUT2D eigenvalue weighted by atomic mass is 10.2.